The van der Waals surface area contributed by atoms with Crippen LogP contribution in [-0.4, -0.2) is 33.4 Å². The molecule has 1 aliphatic carbocycles. The van der Waals surface area contributed by atoms with E-state index < -0.39 is 0 Å². The predicted molar refractivity (Wildman–Crippen MR) is 81.8 cm³/mol. The molecule has 6 heteroatoms. The molecule has 1 aromatic rings. The second kappa shape index (κ2) is 7.43. The van der Waals surface area contributed by atoms with Crippen molar-refractivity contribution in [2.45, 2.75) is 65.0 Å². The van der Waals surface area contributed by atoms with Crippen LogP contribution in [0.25, 0.3) is 0 Å². The Balaban J connectivity index is 1.66. The van der Waals surface area contributed by atoms with Crippen LogP contribution >= 0.6 is 0 Å². The highest BCUT2D eigenvalue weighted by Crippen LogP contribution is 2.40. The van der Waals surface area contributed by atoms with Gasteiger partial charge < -0.3 is 10.6 Å². The second-order valence-corrected chi connectivity index (χ2v) is 6.24. The van der Waals surface area contributed by atoms with Gasteiger partial charge in [0, 0.05) is 19.1 Å². The highest BCUT2D eigenvalue weighted by molar-refractivity contribution is 5.74. The van der Waals surface area contributed by atoms with Crippen molar-refractivity contribution >= 4 is 6.03 Å². The van der Waals surface area contributed by atoms with E-state index in [-0.39, 0.29) is 12.1 Å². The monoisotopic (exact) mass is 293 g/mol. The highest BCUT2D eigenvalue weighted by Gasteiger charge is 2.32. The number of nitrogens with one attached hydrogen (secondary N) is 2. The van der Waals surface area contributed by atoms with Crippen LogP contribution in [0, 0.1) is 5.41 Å². The molecule has 0 aromatic carbocycles. The van der Waals surface area contributed by atoms with Gasteiger partial charge in [-0.3, -0.25) is 4.68 Å². The number of nitrogens with zero attached hydrogens (tertiary/aromatic N) is 3. The zero-order valence-electron chi connectivity index (χ0n) is 13.1. The predicted octanol–water partition coefficient (Wildman–Crippen LogP) is 2.33. The topological polar surface area (TPSA) is 71.8 Å². The van der Waals surface area contributed by atoms with Crippen molar-refractivity contribution in [2.75, 3.05) is 6.54 Å². The lowest BCUT2D eigenvalue weighted by atomic mass is 9.83. The Morgan fingerprint density at radius 3 is 2.81 bits per heavy atom. The van der Waals surface area contributed by atoms with E-state index in [4.69, 9.17) is 0 Å². The molecule has 2 amide bonds. The summed E-state index contributed by atoms with van der Waals surface area (Å²) in [6.45, 7) is 5.80. The van der Waals surface area contributed by atoms with Gasteiger partial charge in [0.05, 0.1) is 0 Å². The Bertz CT molecular complexity index is 425. The van der Waals surface area contributed by atoms with Crippen molar-refractivity contribution in [3.63, 3.8) is 0 Å². The molecule has 118 valence electrons. The summed E-state index contributed by atoms with van der Waals surface area (Å²) in [6, 6.07) is 0.0659. The Morgan fingerprint density at radius 2 is 2.19 bits per heavy atom. The van der Waals surface area contributed by atoms with Gasteiger partial charge in [0.2, 0.25) is 0 Å². The number of aryl methyl sites for hydroxylation is 1. The number of hydrogen-bond donors (Lipinski definition) is 2. The summed E-state index contributed by atoms with van der Waals surface area (Å²) in [6.07, 6.45) is 10.3. The number of carbonyl (C=O) groups excluding carboxylic acids is 1. The molecule has 6 nitrogen and oxygen atoms in total. The van der Waals surface area contributed by atoms with Gasteiger partial charge in [0.15, 0.2) is 0 Å². The molecule has 2 rings (SSSR count). The first kappa shape index (κ1) is 15.8. The van der Waals surface area contributed by atoms with Crippen LogP contribution in [0.4, 0.5) is 4.79 Å². The third kappa shape index (κ3) is 4.72. The molecule has 1 atom stereocenters. The minimum Gasteiger partial charge on any atom is -0.338 e. The van der Waals surface area contributed by atoms with Crippen LogP contribution in [-0.2, 0) is 6.54 Å². The fourth-order valence-corrected chi connectivity index (χ4v) is 3.07. The average molecular weight is 293 g/mol. The lowest BCUT2D eigenvalue weighted by Gasteiger charge is -2.28. The van der Waals surface area contributed by atoms with Crippen molar-refractivity contribution in [2.24, 2.45) is 5.41 Å². The molecule has 1 saturated carbocycles. The SMILES string of the molecule is CCC1(CNC(=O)N[C@H](C)CCn2cncn2)CCCC1. The minimum absolute atomic E-state index is 0.0548. The van der Waals surface area contributed by atoms with E-state index in [1.807, 2.05) is 6.92 Å². The number of aromatic nitrogens is 3. The number of rotatable bonds is 7. The zero-order valence-corrected chi connectivity index (χ0v) is 13.1. The van der Waals surface area contributed by atoms with Gasteiger partial charge in [0.1, 0.15) is 12.7 Å². The molecule has 0 aliphatic heterocycles. The molecule has 1 aliphatic rings. The molecule has 0 spiro atoms. The molecule has 2 N–H and O–H groups in total. The molecular weight excluding hydrogens is 266 g/mol. The molecule has 0 saturated heterocycles. The van der Waals surface area contributed by atoms with Crippen LogP contribution in [0.15, 0.2) is 12.7 Å². The maximum absolute atomic E-state index is 12.0. The van der Waals surface area contributed by atoms with E-state index >= 15 is 0 Å². The number of amides is 2. The van der Waals surface area contributed by atoms with Crippen LogP contribution in [0.3, 0.4) is 0 Å². The van der Waals surface area contributed by atoms with E-state index in [9.17, 15) is 4.79 Å². The minimum atomic E-state index is -0.0548. The number of carbonyl (C=O) groups is 1. The summed E-state index contributed by atoms with van der Waals surface area (Å²) >= 11 is 0. The van der Waals surface area contributed by atoms with E-state index in [2.05, 4.69) is 27.6 Å². The molecular formula is C15H27N5O. The first-order valence-electron chi connectivity index (χ1n) is 8.00. The van der Waals surface area contributed by atoms with E-state index in [0.29, 0.717) is 5.41 Å². The maximum Gasteiger partial charge on any atom is 0.315 e. The summed E-state index contributed by atoms with van der Waals surface area (Å²) in [7, 11) is 0. The molecule has 1 aromatic heterocycles. The fourth-order valence-electron chi connectivity index (χ4n) is 3.07. The molecule has 0 radical (unpaired) electrons. The van der Waals surface area contributed by atoms with Gasteiger partial charge in [-0.15, -0.1) is 0 Å². The average Bonchev–Trinajstić information content (AvgIpc) is 3.15. The van der Waals surface area contributed by atoms with Crippen LogP contribution < -0.4 is 10.6 Å². The third-order valence-corrected chi connectivity index (χ3v) is 4.67. The summed E-state index contributed by atoms with van der Waals surface area (Å²) in [5, 5.41) is 10.1. The Labute approximate surface area is 126 Å². The summed E-state index contributed by atoms with van der Waals surface area (Å²) in [4.78, 5) is 15.9. The summed E-state index contributed by atoms with van der Waals surface area (Å²) < 4.78 is 1.78. The highest BCUT2D eigenvalue weighted by atomic mass is 16.2. The van der Waals surface area contributed by atoms with Crippen molar-refractivity contribution in [1.82, 2.24) is 25.4 Å². The van der Waals surface area contributed by atoms with Gasteiger partial charge in [-0.25, -0.2) is 9.78 Å². The normalized spacial score (nSPS) is 18.4. The van der Waals surface area contributed by atoms with Gasteiger partial charge in [-0.05, 0) is 38.0 Å². The van der Waals surface area contributed by atoms with Crippen molar-refractivity contribution in [3.8, 4) is 0 Å². The third-order valence-electron chi connectivity index (χ3n) is 4.67. The molecule has 1 fully saturated rings. The van der Waals surface area contributed by atoms with Gasteiger partial charge in [-0.1, -0.05) is 19.8 Å². The van der Waals surface area contributed by atoms with Crippen LogP contribution in [0.2, 0.25) is 0 Å². The summed E-state index contributed by atoms with van der Waals surface area (Å²) in [5.41, 5.74) is 0.335. The van der Waals surface area contributed by atoms with Crippen molar-refractivity contribution in [1.29, 1.82) is 0 Å². The van der Waals surface area contributed by atoms with Crippen molar-refractivity contribution in [3.05, 3.63) is 12.7 Å². The smallest absolute Gasteiger partial charge is 0.315 e. The quantitative estimate of drug-likeness (QED) is 0.810. The first-order valence-corrected chi connectivity index (χ1v) is 8.00. The van der Waals surface area contributed by atoms with E-state index in [1.54, 1.807) is 11.0 Å². The Hall–Kier alpha value is -1.59. The van der Waals surface area contributed by atoms with Crippen molar-refractivity contribution < 1.29 is 4.79 Å². The van der Waals surface area contributed by atoms with E-state index in [1.165, 1.54) is 32.0 Å². The number of hydrogen-bond acceptors (Lipinski definition) is 3. The number of urea groups is 1. The first-order chi connectivity index (χ1) is 10.1. The largest absolute Gasteiger partial charge is 0.338 e. The van der Waals surface area contributed by atoms with Crippen LogP contribution in [0.1, 0.15) is 52.4 Å². The lowest BCUT2D eigenvalue weighted by molar-refractivity contribution is 0.221. The zero-order chi connectivity index (χ0) is 15.1. The molecule has 21 heavy (non-hydrogen) atoms. The standard InChI is InChI=1S/C15H27N5O/c1-3-15(7-4-5-8-15)10-17-14(21)19-13(2)6-9-20-12-16-11-18-20/h11-13H,3-10H2,1-2H3,(H2,17,19,21)/t13-/m1/s1. The second-order valence-electron chi connectivity index (χ2n) is 6.24. The maximum atomic E-state index is 12.0. The molecule has 0 unspecified atom stereocenters. The van der Waals surface area contributed by atoms with Gasteiger partial charge in [0.25, 0.3) is 0 Å². The van der Waals surface area contributed by atoms with Gasteiger partial charge in [-0.2, -0.15) is 5.10 Å². The molecule has 1 heterocycles. The summed E-state index contributed by atoms with van der Waals surface area (Å²) in [5.74, 6) is 0. The Morgan fingerprint density at radius 1 is 1.43 bits per heavy atom. The molecule has 0 bridgehead atoms. The van der Waals surface area contributed by atoms with Crippen LogP contribution in [0.5, 0.6) is 0 Å². The Kier molecular flexibility index (Phi) is 5.59. The fraction of sp³-hybridized carbons (Fsp3) is 0.800. The lowest BCUT2D eigenvalue weighted by Crippen LogP contribution is -2.45. The van der Waals surface area contributed by atoms with Gasteiger partial charge >= 0.3 is 6.03 Å². The van der Waals surface area contributed by atoms with E-state index in [0.717, 1.165) is 25.9 Å².